The predicted octanol–water partition coefficient (Wildman–Crippen LogP) is 3.40. The Hall–Kier alpha value is -2.31. The number of aromatic amines is 1. The van der Waals surface area contributed by atoms with E-state index in [1.165, 1.54) is 5.56 Å². The second-order valence-corrected chi connectivity index (χ2v) is 7.49. The fourth-order valence-electron chi connectivity index (χ4n) is 3.38. The molecule has 1 aliphatic heterocycles. The first kappa shape index (κ1) is 17.1. The van der Waals surface area contributed by atoms with Crippen molar-refractivity contribution in [2.75, 3.05) is 6.54 Å². The van der Waals surface area contributed by atoms with Crippen molar-refractivity contribution < 1.29 is 0 Å². The lowest BCUT2D eigenvalue weighted by Gasteiger charge is -2.27. The van der Waals surface area contributed by atoms with Gasteiger partial charge in [-0.3, -0.25) is 14.7 Å². The van der Waals surface area contributed by atoms with Gasteiger partial charge in [0.2, 0.25) is 0 Å². The van der Waals surface area contributed by atoms with Gasteiger partial charge in [0.15, 0.2) is 0 Å². The summed E-state index contributed by atoms with van der Waals surface area (Å²) in [6.45, 7) is 4.46. The standard InChI is InChI=1S/C20H22N4OS/c1-2-3-19-22-18-6-8-24(12-16(18)20(25)23-19)11-14-4-5-17(21-10-14)15-7-9-26-13-15/h4-5,7,9-10,13H,2-3,6,8,11-12H2,1H3,(H,22,23,25). The Morgan fingerprint density at radius 1 is 1.31 bits per heavy atom. The molecule has 0 spiro atoms. The van der Waals surface area contributed by atoms with Gasteiger partial charge >= 0.3 is 0 Å². The number of nitrogens with zero attached hydrogens (tertiary/aromatic N) is 3. The summed E-state index contributed by atoms with van der Waals surface area (Å²) in [5.74, 6) is 0.818. The first-order chi connectivity index (χ1) is 12.7. The van der Waals surface area contributed by atoms with Gasteiger partial charge in [-0.25, -0.2) is 4.98 Å². The average molecular weight is 366 g/mol. The van der Waals surface area contributed by atoms with E-state index in [1.807, 2.05) is 6.20 Å². The summed E-state index contributed by atoms with van der Waals surface area (Å²) in [5, 5.41) is 4.17. The topological polar surface area (TPSA) is 61.9 Å². The Morgan fingerprint density at radius 3 is 2.96 bits per heavy atom. The van der Waals surface area contributed by atoms with Crippen LogP contribution < -0.4 is 5.56 Å². The lowest BCUT2D eigenvalue weighted by molar-refractivity contribution is 0.241. The zero-order valence-corrected chi connectivity index (χ0v) is 15.7. The molecule has 6 heteroatoms. The van der Waals surface area contributed by atoms with Gasteiger partial charge in [0, 0.05) is 49.6 Å². The van der Waals surface area contributed by atoms with Gasteiger partial charge in [-0.05, 0) is 29.5 Å². The molecule has 0 saturated heterocycles. The van der Waals surface area contributed by atoms with Gasteiger partial charge in [-0.2, -0.15) is 11.3 Å². The molecule has 3 aromatic rings. The van der Waals surface area contributed by atoms with E-state index in [1.54, 1.807) is 11.3 Å². The molecule has 4 heterocycles. The van der Waals surface area contributed by atoms with Crippen LogP contribution in [-0.4, -0.2) is 26.4 Å². The van der Waals surface area contributed by atoms with Gasteiger partial charge in [0.25, 0.3) is 5.56 Å². The van der Waals surface area contributed by atoms with Crippen molar-refractivity contribution in [1.29, 1.82) is 0 Å². The van der Waals surface area contributed by atoms with Gasteiger partial charge in [0.1, 0.15) is 5.82 Å². The fourth-order valence-corrected chi connectivity index (χ4v) is 4.03. The largest absolute Gasteiger partial charge is 0.310 e. The molecule has 1 aliphatic rings. The fraction of sp³-hybridized carbons (Fsp3) is 0.350. The zero-order valence-electron chi connectivity index (χ0n) is 14.9. The Labute approximate surface area is 156 Å². The third kappa shape index (κ3) is 3.61. The van der Waals surface area contributed by atoms with Crippen molar-refractivity contribution in [3.8, 4) is 11.3 Å². The summed E-state index contributed by atoms with van der Waals surface area (Å²) in [6.07, 6.45) is 4.59. The minimum absolute atomic E-state index is 0.0223. The predicted molar refractivity (Wildman–Crippen MR) is 104 cm³/mol. The number of rotatable bonds is 5. The quantitative estimate of drug-likeness (QED) is 0.752. The van der Waals surface area contributed by atoms with E-state index in [0.717, 1.165) is 60.7 Å². The number of aryl methyl sites for hydroxylation is 1. The lowest BCUT2D eigenvalue weighted by atomic mass is 10.1. The molecule has 0 amide bonds. The molecule has 134 valence electrons. The van der Waals surface area contributed by atoms with Crippen LogP contribution in [0.4, 0.5) is 0 Å². The van der Waals surface area contributed by atoms with Crippen LogP contribution in [-0.2, 0) is 25.9 Å². The number of H-pyrrole nitrogens is 1. The maximum Gasteiger partial charge on any atom is 0.255 e. The third-order valence-corrected chi connectivity index (χ3v) is 5.41. The molecule has 26 heavy (non-hydrogen) atoms. The van der Waals surface area contributed by atoms with E-state index in [0.29, 0.717) is 6.54 Å². The minimum Gasteiger partial charge on any atom is -0.310 e. The third-order valence-electron chi connectivity index (χ3n) is 4.73. The number of pyridine rings is 1. The van der Waals surface area contributed by atoms with Gasteiger partial charge in [0.05, 0.1) is 17.0 Å². The van der Waals surface area contributed by atoms with Crippen molar-refractivity contribution in [1.82, 2.24) is 19.9 Å². The first-order valence-corrected chi connectivity index (χ1v) is 9.98. The normalized spacial score (nSPS) is 14.3. The van der Waals surface area contributed by atoms with Crippen molar-refractivity contribution >= 4 is 11.3 Å². The Morgan fingerprint density at radius 2 is 2.23 bits per heavy atom. The highest BCUT2D eigenvalue weighted by atomic mass is 32.1. The van der Waals surface area contributed by atoms with Crippen LogP contribution in [0.5, 0.6) is 0 Å². The summed E-state index contributed by atoms with van der Waals surface area (Å²) in [5.41, 5.74) is 5.14. The number of thiophene rings is 1. The molecule has 3 aromatic heterocycles. The van der Waals surface area contributed by atoms with E-state index in [4.69, 9.17) is 0 Å². The Balaban J connectivity index is 1.47. The molecule has 0 saturated carbocycles. The molecule has 0 fully saturated rings. The smallest absolute Gasteiger partial charge is 0.255 e. The van der Waals surface area contributed by atoms with Gasteiger partial charge in [-0.1, -0.05) is 13.0 Å². The summed E-state index contributed by atoms with van der Waals surface area (Å²) in [7, 11) is 0. The highest BCUT2D eigenvalue weighted by Gasteiger charge is 2.21. The van der Waals surface area contributed by atoms with E-state index >= 15 is 0 Å². The van der Waals surface area contributed by atoms with E-state index in [-0.39, 0.29) is 5.56 Å². The van der Waals surface area contributed by atoms with Crippen LogP contribution in [0.3, 0.4) is 0 Å². The highest BCUT2D eigenvalue weighted by Crippen LogP contribution is 2.21. The van der Waals surface area contributed by atoms with E-state index in [9.17, 15) is 4.79 Å². The summed E-state index contributed by atoms with van der Waals surface area (Å²) in [6, 6.07) is 6.28. The second-order valence-electron chi connectivity index (χ2n) is 6.71. The molecule has 0 aromatic carbocycles. The molecular weight excluding hydrogens is 344 g/mol. The van der Waals surface area contributed by atoms with E-state index in [2.05, 4.69) is 55.7 Å². The monoisotopic (exact) mass is 366 g/mol. The van der Waals surface area contributed by atoms with Crippen LogP contribution >= 0.6 is 11.3 Å². The van der Waals surface area contributed by atoms with Crippen LogP contribution in [0.2, 0.25) is 0 Å². The summed E-state index contributed by atoms with van der Waals surface area (Å²) in [4.78, 5) is 26.9. The lowest BCUT2D eigenvalue weighted by Crippen LogP contribution is -2.35. The number of aromatic nitrogens is 3. The molecular formula is C20H22N4OS. The molecule has 5 nitrogen and oxygen atoms in total. The average Bonchev–Trinajstić information content (AvgIpc) is 3.18. The molecule has 0 atom stereocenters. The molecule has 0 aliphatic carbocycles. The highest BCUT2D eigenvalue weighted by molar-refractivity contribution is 7.08. The molecule has 0 unspecified atom stereocenters. The summed E-state index contributed by atoms with van der Waals surface area (Å²) < 4.78 is 0. The number of nitrogens with one attached hydrogen (secondary N) is 1. The number of hydrogen-bond acceptors (Lipinski definition) is 5. The first-order valence-electron chi connectivity index (χ1n) is 9.03. The van der Waals surface area contributed by atoms with Gasteiger partial charge < -0.3 is 4.98 Å². The van der Waals surface area contributed by atoms with Crippen molar-refractivity contribution in [2.24, 2.45) is 0 Å². The molecule has 1 N–H and O–H groups in total. The maximum atomic E-state index is 12.4. The molecule has 0 bridgehead atoms. The zero-order chi connectivity index (χ0) is 17.9. The van der Waals surface area contributed by atoms with Gasteiger partial charge in [-0.15, -0.1) is 0 Å². The van der Waals surface area contributed by atoms with Crippen LogP contribution in [0.15, 0.2) is 40.0 Å². The SMILES string of the molecule is CCCc1nc2c(c(=O)[nH]1)CN(Cc1ccc(-c3ccsc3)nc1)CC2. The summed E-state index contributed by atoms with van der Waals surface area (Å²) >= 11 is 1.68. The van der Waals surface area contributed by atoms with Crippen LogP contribution in [0.1, 0.15) is 36.0 Å². The Kier molecular flexibility index (Phi) is 4.95. The van der Waals surface area contributed by atoms with Crippen molar-refractivity contribution in [3.05, 3.63) is 68.2 Å². The van der Waals surface area contributed by atoms with Crippen LogP contribution in [0.25, 0.3) is 11.3 Å². The van der Waals surface area contributed by atoms with Crippen LogP contribution in [0, 0.1) is 0 Å². The van der Waals surface area contributed by atoms with Crippen molar-refractivity contribution in [2.45, 2.75) is 39.3 Å². The number of fused-ring (bicyclic) bond motifs is 1. The minimum atomic E-state index is 0.0223. The van der Waals surface area contributed by atoms with E-state index < -0.39 is 0 Å². The number of hydrogen-bond donors (Lipinski definition) is 1. The second kappa shape index (κ2) is 7.51. The molecule has 4 rings (SSSR count). The maximum absolute atomic E-state index is 12.4. The van der Waals surface area contributed by atoms with Crippen molar-refractivity contribution in [3.63, 3.8) is 0 Å². The molecule has 0 radical (unpaired) electrons. The Bertz CT molecular complexity index is 931.